The van der Waals surface area contributed by atoms with Crippen LogP contribution in [0.15, 0.2) is 18.2 Å². The Morgan fingerprint density at radius 1 is 1.73 bits per heavy atom. The molecule has 1 aromatic heterocycles. The molecule has 0 saturated heterocycles. The normalized spacial score (nSPS) is 13.0. The number of amides is 1. The van der Waals surface area contributed by atoms with Crippen LogP contribution in [0.25, 0.3) is 6.08 Å². The van der Waals surface area contributed by atoms with Crippen molar-refractivity contribution in [1.29, 1.82) is 0 Å². The van der Waals surface area contributed by atoms with Gasteiger partial charge in [-0.3, -0.25) is 4.79 Å². The first-order valence-electron chi connectivity index (χ1n) is 4.47. The van der Waals surface area contributed by atoms with E-state index in [9.17, 15) is 4.79 Å². The van der Waals surface area contributed by atoms with Crippen LogP contribution in [0.3, 0.4) is 0 Å². The smallest absolute Gasteiger partial charge is 0.244 e. The predicted molar refractivity (Wildman–Crippen MR) is 63.1 cm³/mol. The summed E-state index contributed by atoms with van der Waals surface area (Å²) in [6.45, 7) is 1.87. The maximum Gasteiger partial charge on any atom is 0.244 e. The molecule has 0 saturated carbocycles. The molecule has 0 aromatic carbocycles. The highest BCUT2D eigenvalue weighted by atomic mass is 35.5. The van der Waals surface area contributed by atoms with Gasteiger partial charge in [0.1, 0.15) is 0 Å². The minimum Gasteiger partial charge on any atom is -0.392 e. The summed E-state index contributed by atoms with van der Waals surface area (Å²) in [4.78, 5) is 12.1. The molecule has 0 aliphatic heterocycles. The molecule has 1 heterocycles. The second-order valence-electron chi connectivity index (χ2n) is 3.07. The van der Waals surface area contributed by atoms with Crippen molar-refractivity contribution in [3.05, 3.63) is 27.4 Å². The molecule has 1 amide bonds. The molecule has 0 aliphatic carbocycles. The van der Waals surface area contributed by atoms with Gasteiger partial charge in [-0.1, -0.05) is 11.6 Å². The van der Waals surface area contributed by atoms with Gasteiger partial charge < -0.3 is 10.4 Å². The number of hydrogen-bond acceptors (Lipinski definition) is 3. The zero-order chi connectivity index (χ0) is 11.3. The third kappa shape index (κ3) is 4.97. The topological polar surface area (TPSA) is 49.3 Å². The highest BCUT2D eigenvalue weighted by Gasteiger charge is 1.99. The molecule has 82 valence electrons. The number of hydrogen-bond donors (Lipinski definition) is 2. The van der Waals surface area contributed by atoms with Crippen molar-refractivity contribution in [2.45, 2.75) is 13.0 Å². The Morgan fingerprint density at radius 3 is 3.00 bits per heavy atom. The first-order valence-corrected chi connectivity index (χ1v) is 5.66. The molecule has 1 rings (SSSR count). The number of aliphatic hydroxyl groups is 1. The predicted octanol–water partition coefficient (Wildman–Crippen LogP) is 1.91. The Kier molecular flexibility index (Phi) is 4.81. The first-order chi connectivity index (χ1) is 7.08. The van der Waals surface area contributed by atoms with Crippen LogP contribution in [0.1, 0.15) is 11.8 Å². The zero-order valence-corrected chi connectivity index (χ0v) is 9.81. The maximum atomic E-state index is 11.2. The van der Waals surface area contributed by atoms with E-state index in [4.69, 9.17) is 16.7 Å². The Hall–Kier alpha value is -0.840. The van der Waals surface area contributed by atoms with E-state index in [1.54, 1.807) is 19.1 Å². The number of carbonyl (C=O) groups excluding carboxylic acids is 1. The first kappa shape index (κ1) is 12.2. The highest BCUT2D eigenvalue weighted by Crippen LogP contribution is 2.22. The van der Waals surface area contributed by atoms with Crippen molar-refractivity contribution in [2.75, 3.05) is 6.54 Å². The largest absolute Gasteiger partial charge is 0.392 e. The van der Waals surface area contributed by atoms with Gasteiger partial charge in [0.25, 0.3) is 0 Å². The summed E-state index contributed by atoms with van der Waals surface area (Å²) in [6.07, 6.45) is 2.58. The fourth-order valence-corrected chi connectivity index (χ4v) is 1.85. The lowest BCUT2D eigenvalue weighted by Gasteiger charge is -2.03. The molecule has 2 N–H and O–H groups in total. The Balaban J connectivity index is 2.40. The van der Waals surface area contributed by atoms with Gasteiger partial charge in [0, 0.05) is 17.5 Å². The van der Waals surface area contributed by atoms with Crippen LogP contribution in [0.4, 0.5) is 0 Å². The minimum absolute atomic E-state index is 0.222. The summed E-state index contributed by atoms with van der Waals surface area (Å²) >= 11 is 7.13. The van der Waals surface area contributed by atoms with E-state index in [2.05, 4.69) is 5.32 Å². The molecule has 0 bridgehead atoms. The van der Waals surface area contributed by atoms with Gasteiger partial charge in [0.2, 0.25) is 5.91 Å². The molecular weight excluding hydrogens is 234 g/mol. The summed E-state index contributed by atoms with van der Waals surface area (Å²) in [5.41, 5.74) is 0. The lowest BCUT2D eigenvalue weighted by Crippen LogP contribution is -2.28. The standard InChI is InChI=1S/C10H12ClNO2S/c1-7(13)6-12-10(14)5-3-8-2-4-9(11)15-8/h2-5,7,13H,6H2,1H3,(H,12,14)/b5-3+. The molecule has 1 atom stereocenters. The van der Waals surface area contributed by atoms with Crippen LogP contribution < -0.4 is 5.32 Å². The molecular formula is C10H12ClNO2S. The van der Waals surface area contributed by atoms with E-state index < -0.39 is 6.10 Å². The molecule has 1 aromatic rings. The van der Waals surface area contributed by atoms with Gasteiger partial charge in [-0.2, -0.15) is 0 Å². The van der Waals surface area contributed by atoms with Crippen LogP contribution in [0.2, 0.25) is 4.34 Å². The Morgan fingerprint density at radius 2 is 2.47 bits per heavy atom. The molecule has 0 radical (unpaired) electrons. The maximum absolute atomic E-state index is 11.2. The summed E-state index contributed by atoms with van der Waals surface area (Å²) in [5.74, 6) is -0.222. The third-order valence-corrected chi connectivity index (χ3v) is 2.76. The van der Waals surface area contributed by atoms with Crippen molar-refractivity contribution in [3.8, 4) is 0 Å². The summed E-state index contributed by atoms with van der Waals surface area (Å²) < 4.78 is 0.694. The minimum atomic E-state index is -0.529. The third-order valence-electron chi connectivity index (χ3n) is 1.56. The number of nitrogens with one attached hydrogen (secondary N) is 1. The van der Waals surface area contributed by atoms with Crippen molar-refractivity contribution >= 4 is 34.9 Å². The number of carbonyl (C=O) groups is 1. The van der Waals surface area contributed by atoms with E-state index in [1.165, 1.54) is 17.4 Å². The SMILES string of the molecule is CC(O)CNC(=O)/C=C/c1ccc(Cl)s1. The average molecular weight is 246 g/mol. The van der Waals surface area contributed by atoms with Crippen LogP contribution in [-0.2, 0) is 4.79 Å². The zero-order valence-electron chi connectivity index (χ0n) is 8.24. The summed E-state index contributed by atoms with van der Waals surface area (Å²) in [7, 11) is 0. The van der Waals surface area contributed by atoms with Crippen LogP contribution in [-0.4, -0.2) is 23.7 Å². The van der Waals surface area contributed by atoms with Crippen molar-refractivity contribution in [1.82, 2.24) is 5.32 Å². The number of thiophene rings is 1. The highest BCUT2D eigenvalue weighted by molar-refractivity contribution is 7.17. The average Bonchev–Trinajstić information content (AvgIpc) is 2.58. The van der Waals surface area contributed by atoms with Gasteiger partial charge in [0.05, 0.1) is 10.4 Å². The number of aliphatic hydroxyl groups excluding tert-OH is 1. The fraction of sp³-hybridized carbons (Fsp3) is 0.300. The van der Waals surface area contributed by atoms with Crippen molar-refractivity contribution in [2.24, 2.45) is 0 Å². The van der Waals surface area contributed by atoms with Crippen LogP contribution in [0.5, 0.6) is 0 Å². The van der Waals surface area contributed by atoms with E-state index in [0.29, 0.717) is 4.34 Å². The number of halogens is 1. The second kappa shape index (κ2) is 5.90. The Bertz CT molecular complexity index is 360. The van der Waals surface area contributed by atoms with E-state index in [1.807, 2.05) is 6.07 Å². The van der Waals surface area contributed by atoms with E-state index >= 15 is 0 Å². The summed E-state index contributed by atoms with van der Waals surface area (Å²) in [6, 6.07) is 3.62. The summed E-state index contributed by atoms with van der Waals surface area (Å²) in [5, 5.41) is 11.5. The van der Waals surface area contributed by atoms with Crippen molar-refractivity contribution < 1.29 is 9.90 Å². The quantitative estimate of drug-likeness (QED) is 0.797. The van der Waals surface area contributed by atoms with Gasteiger partial charge in [-0.05, 0) is 25.1 Å². The second-order valence-corrected chi connectivity index (χ2v) is 4.82. The lowest BCUT2D eigenvalue weighted by atomic mass is 10.3. The number of rotatable bonds is 4. The fourth-order valence-electron chi connectivity index (χ4n) is 0.883. The molecule has 1 unspecified atom stereocenters. The van der Waals surface area contributed by atoms with Gasteiger partial charge in [-0.15, -0.1) is 11.3 Å². The Labute approximate surface area is 97.4 Å². The molecule has 15 heavy (non-hydrogen) atoms. The molecule has 3 nitrogen and oxygen atoms in total. The molecule has 0 spiro atoms. The monoisotopic (exact) mass is 245 g/mol. The van der Waals surface area contributed by atoms with Gasteiger partial charge in [-0.25, -0.2) is 0 Å². The van der Waals surface area contributed by atoms with E-state index in [-0.39, 0.29) is 12.5 Å². The molecule has 0 fully saturated rings. The van der Waals surface area contributed by atoms with E-state index in [0.717, 1.165) is 4.88 Å². The lowest BCUT2D eigenvalue weighted by molar-refractivity contribution is -0.116. The van der Waals surface area contributed by atoms with Crippen LogP contribution in [0, 0.1) is 0 Å². The van der Waals surface area contributed by atoms with Gasteiger partial charge in [0.15, 0.2) is 0 Å². The molecule has 5 heteroatoms. The van der Waals surface area contributed by atoms with Crippen LogP contribution >= 0.6 is 22.9 Å². The van der Waals surface area contributed by atoms with Crippen molar-refractivity contribution in [3.63, 3.8) is 0 Å². The molecule has 0 aliphatic rings. The van der Waals surface area contributed by atoms with Gasteiger partial charge >= 0.3 is 0 Å².